The topological polar surface area (TPSA) is 35.2 Å². The number of alkyl halides is 6. The summed E-state index contributed by atoms with van der Waals surface area (Å²) in [6.07, 6.45) is -14.6. The number of para-hydroxylation sites is 1. The summed E-state index contributed by atoms with van der Waals surface area (Å²) < 4.78 is 78.8. The number of benzene rings is 1. The standard InChI is InChI=1S/C12H13F6NO/c1-2-8(19)7-5-3-4-6-9(7)20-10(11(13,14)15)12(16,17)18/h3-6,8,10H,2,19H2,1H3. The minimum absolute atomic E-state index is 0.105. The molecule has 0 heterocycles. The van der Waals surface area contributed by atoms with Gasteiger partial charge in [-0.3, -0.25) is 0 Å². The predicted molar refractivity (Wildman–Crippen MR) is 60.2 cm³/mol. The van der Waals surface area contributed by atoms with Gasteiger partial charge in [0, 0.05) is 11.6 Å². The van der Waals surface area contributed by atoms with Gasteiger partial charge in [-0.1, -0.05) is 25.1 Å². The minimum Gasteiger partial charge on any atom is -0.471 e. The molecule has 114 valence electrons. The molecule has 0 aliphatic heterocycles. The fraction of sp³-hybridized carbons (Fsp3) is 0.500. The monoisotopic (exact) mass is 301 g/mol. The summed E-state index contributed by atoms with van der Waals surface area (Å²) >= 11 is 0. The maximum atomic E-state index is 12.4. The fourth-order valence-electron chi connectivity index (χ4n) is 1.56. The maximum Gasteiger partial charge on any atom is 0.434 e. The first-order valence-electron chi connectivity index (χ1n) is 5.72. The van der Waals surface area contributed by atoms with Crippen molar-refractivity contribution in [1.29, 1.82) is 0 Å². The number of hydrogen-bond acceptors (Lipinski definition) is 2. The van der Waals surface area contributed by atoms with Gasteiger partial charge in [0.05, 0.1) is 0 Å². The van der Waals surface area contributed by atoms with Crippen molar-refractivity contribution < 1.29 is 31.1 Å². The highest BCUT2D eigenvalue weighted by Gasteiger charge is 2.59. The Hall–Kier alpha value is -1.44. The molecule has 8 heteroatoms. The van der Waals surface area contributed by atoms with Gasteiger partial charge >= 0.3 is 12.4 Å². The van der Waals surface area contributed by atoms with Crippen LogP contribution in [-0.2, 0) is 0 Å². The van der Waals surface area contributed by atoms with Gasteiger partial charge in [0.15, 0.2) is 0 Å². The average molecular weight is 301 g/mol. The highest BCUT2D eigenvalue weighted by Crippen LogP contribution is 2.38. The van der Waals surface area contributed by atoms with E-state index in [1.165, 1.54) is 18.2 Å². The number of rotatable bonds is 4. The van der Waals surface area contributed by atoms with Crippen molar-refractivity contribution in [1.82, 2.24) is 0 Å². The Labute approximate surface area is 111 Å². The summed E-state index contributed by atoms with van der Waals surface area (Å²) in [4.78, 5) is 0. The van der Waals surface area contributed by atoms with Gasteiger partial charge in [0.1, 0.15) is 5.75 Å². The van der Waals surface area contributed by atoms with E-state index in [4.69, 9.17) is 5.73 Å². The summed E-state index contributed by atoms with van der Waals surface area (Å²) in [6.45, 7) is 1.66. The molecule has 1 aromatic carbocycles. The van der Waals surface area contributed by atoms with Crippen LogP contribution in [0.4, 0.5) is 26.3 Å². The van der Waals surface area contributed by atoms with Crippen LogP contribution >= 0.6 is 0 Å². The van der Waals surface area contributed by atoms with Crippen LogP contribution in [0.1, 0.15) is 24.9 Å². The maximum absolute atomic E-state index is 12.4. The fourth-order valence-corrected chi connectivity index (χ4v) is 1.56. The van der Waals surface area contributed by atoms with Crippen molar-refractivity contribution in [2.75, 3.05) is 0 Å². The normalized spacial score (nSPS) is 14.4. The van der Waals surface area contributed by atoms with Gasteiger partial charge in [-0.2, -0.15) is 26.3 Å². The summed E-state index contributed by atoms with van der Waals surface area (Å²) in [5.74, 6) is -0.512. The van der Waals surface area contributed by atoms with Crippen LogP contribution in [0.15, 0.2) is 24.3 Å². The molecule has 2 nitrogen and oxygen atoms in total. The molecule has 0 fully saturated rings. The predicted octanol–water partition coefficient (Wildman–Crippen LogP) is 3.97. The minimum atomic E-state index is -5.55. The van der Waals surface area contributed by atoms with E-state index in [0.29, 0.717) is 6.42 Å². The van der Waals surface area contributed by atoms with E-state index in [1.807, 2.05) is 0 Å². The Kier molecular flexibility index (Phi) is 4.90. The van der Waals surface area contributed by atoms with E-state index in [9.17, 15) is 26.3 Å². The second-order valence-corrected chi connectivity index (χ2v) is 4.13. The van der Waals surface area contributed by atoms with Gasteiger partial charge < -0.3 is 10.5 Å². The molecule has 0 aromatic heterocycles. The zero-order valence-corrected chi connectivity index (χ0v) is 10.4. The Balaban J connectivity index is 3.13. The van der Waals surface area contributed by atoms with Crippen LogP contribution in [0.2, 0.25) is 0 Å². The van der Waals surface area contributed by atoms with E-state index in [2.05, 4.69) is 4.74 Å². The zero-order valence-electron chi connectivity index (χ0n) is 10.4. The lowest BCUT2D eigenvalue weighted by Gasteiger charge is -2.25. The van der Waals surface area contributed by atoms with E-state index >= 15 is 0 Å². The molecule has 0 bridgehead atoms. The van der Waals surface area contributed by atoms with Gasteiger partial charge in [-0.15, -0.1) is 0 Å². The van der Waals surface area contributed by atoms with E-state index in [1.54, 1.807) is 6.92 Å². The molecule has 1 unspecified atom stereocenters. The third-order valence-electron chi connectivity index (χ3n) is 2.60. The van der Waals surface area contributed by atoms with E-state index < -0.39 is 30.2 Å². The lowest BCUT2D eigenvalue weighted by Crippen LogP contribution is -2.46. The summed E-state index contributed by atoms with van der Waals surface area (Å²) in [6, 6.07) is 4.43. The van der Waals surface area contributed by atoms with Gasteiger partial charge in [0.25, 0.3) is 6.10 Å². The molecular weight excluding hydrogens is 288 g/mol. The Bertz CT molecular complexity index is 428. The van der Waals surface area contributed by atoms with Crippen LogP contribution in [0.5, 0.6) is 5.75 Å². The smallest absolute Gasteiger partial charge is 0.434 e. The molecule has 0 radical (unpaired) electrons. The van der Waals surface area contributed by atoms with Crippen molar-refractivity contribution >= 4 is 0 Å². The molecule has 2 N–H and O–H groups in total. The lowest BCUT2D eigenvalue weighted by atomic mass is 10.0. The number of ether oxygens (including phenoxy) is 1. The first-order chi connectivity index (χ1) is 9.07. The Morgan fingerprint density at radius 2 is 1.55 bits per heavy atom. The Morgan fingerprint density at radius 1 is 1.05 bits per heavy atom. The average Bonchev–Trinajstić information content (AvgIpc) is 2.32. The van der Waals surface area contributed by atoms with Crippen LogP contribution in [0.3, 0.4) is 0 Å². The highest BCUT2D eigenvalue weighted by atomic mass is 19.4. The van der Waals surface area contributed by atoms with Crippen molar-refractivity contribution in [3.8, 4) is 5.75 Å². The molecular formula is C12H13F6NO. The van der Waals surface area contributed by atoms with Crippen LogP contribution in [0.25, 0.3) is 0 Å². The van der Waals surface area contributed by atoms with Crippen molar-refractivity contribution in [2.24, 2.45) is 5.73 Å². The number of halogens is 6. The SMILES string of the molecule is CCC(N)c1ccccc1OC(C(F)(F)F)C(F)(F)F. The second kappa shape index (κ2) is 5.90. The molecule has 1 aromatic rings. The summed E-state index contributed by atoms with van der Waals surface area (Å²) in [5.41, 5.74) is 5.75. The molecule has 0 aliphatic rings. The summed E-state index contributed by atoms with van der Waals surface area (Å²) in [5, 5.41) is 0. The lowest BCUT2D eigenvalue weighted by molar-refractivity contribution is -0.300. The van der Waals surface area contributed by atoms with E-state index in [0.717, 1.165) is 6.07 Å². The molecule has 0 amide bonds. The third-order valence-corrected chi connectivity index (χ3v) is 2.60. The van der Waals surface area contributed by atoms with Crippen molar-refractivity contribution in [3.63, 3.8) is 0 Å². The second-order valence-electron chi connectivity index (χ2n) is 4.13. The number of hydrogen-bond donors (Lipinski definition) is 1. The van der Waals surface area contributed by atoms with Gasteiger partial charge in [-0.05, 0) is 12.5 Å². The van der Waals surface area contributed by atoms with Crippen LogP contribution < -0.4 is 10.5 Å². The van der Waals surface area contributed by atoms with Crippen molar-refractivity contribution in [3.05, 3.63) is 29.8 Å². The van der Waals surface area contributed by atoms with Crippen LogP contribution in [-0.4, -0.2) is 18.5 Å². The Morgan fingerprint density at radius 3 is 2.00 bits per heavy atom. The zero-order chi connectivity index (χ0) is 15.6. The molecule has 20 heavy (non-hydrogen) atoms. The molecule has 0 saturated carbocycles. The van der Waals surface area contributed by atoms with Gasteiger partial charge in [0.2, 0.25) is 0 Å². The highest BCUT2D eigenvalue weighted by molar-refractivity contribution is 5.36. The number of nitrogens with two attached hydrogens (primary N) is 1. The van der Waals surface area contributed by atoms with E-state index in [-0.39, 0.29) is 5.56 Å². The molecule has 1 atom stereocenters. The quantitative estimate of drug-likeness (QED) is 0.854. The molecule has 0 spiro atoms. The van der Waals surface area contributed by atoms with Crippen LogP contribution in [0, 0.1) is 0 Å². The molecule has 1 rings (SSSR count). The molecule has 0 aliphatic carbocycles. The first kappa shape index (κ1) is 16.6. The first-order valence-corrected chi connectivity index (χ1v) is 5.72. The third kappa shape index (κ3) is 4.03. The summed E-state index contributed by atoms with van der Waals surface area (Å²) in [7, 11) is 0. The van der Waals surface area contributed by atoms with Gasteiger partial charge in [-0.25, -0.2) is 0 Å². The largest absolute Gasteiger partial charge is 0.471 e. The molecule has 0 saturated heterocycles. The van der Waals surface area contributed by atoms with Crippen molar-refractivity contribution in [2.45, 2.75) is 37.8 Å².